The zero-order chi connectivity index (χ0) is 8.20. The van der Waals surface area contributed by atoms with Gasteiger partial charge < -0.3 is 5.43 Å². The Balaban J connectivity index is 3.54. The molecule has 0 atom stereocenters. The van der Waals surface area contributed by atoms with Crippen molar-refractivity contribution in [3.05, 3.63) is 0 Å². The molecule has 0 saturated heterocycles. The van der Waals surface area contributed by atoms with E-state index >= 15 is 0 Å². The lowest BCUT2D eigenvalue weighted by molar-refractivity contribution is 0.441. The lowest BCUT2D eigenvalue weighted by Gasteiger charge is -2.17. The number of rotatable bonds is 2. The first-order chi connectivity index (χ1) is 4.42. The van der Waals surface area contributed by atoms with Gasteiger partial charge in [0.15, 0.2) is 0 Å². The maximum atomic E-state index is 4.07. The Morgan fingerprint density at radius 2 is 1.80 bits per heavy atom. The van der Waals surface area contributed by atoms with Crippen molar-refractivity contribution >= 4 is 6.21 Å². The molecule has 0 aromatic carbocycles. The first-order valence-corrected chi connectivity index (χ1v) is 3.72. The molecule has 0 rings (SSSR count). The fourth-order valence-corrected chi connectivity index (χ4v) is 0.380. The molecule has 1 N–H and O–H groups in total. The summed E-state index contributed by atoms with van der Waals surface area (Å²) < 4.78 is 0. The van der Waals surface area contributed by atoms with E-state index in [0.29, 0.717) is 5.92 Å². The quantitative estimate of drug-likeness (QED) is 0.463. The van der Waals surface area contributed by atoms with Gasteiger partial charge in [0.2, 0.25) is 0 Å². The average Bonchev–Trinajstić information content (AvgIpc) is 1.59. The summed E-state index contributed by atoms with van der Waals surface area (Å²) in [4.78, 5) is 0. The van der Waals surface area contributed by atoms with E-state index in [1.54, 1.807) is 0 Å². The predicted octanol–water partition coefficient (Wildman–Crippen LogP) is 2.02. The van der Waals surface area contributed by atoms with Gasteiger partial charge >= 0.3 is 0 Å². The van der Waals surface area contributed by atoms with Crippen LogP contribution in [-0.2, 0) is 0 Å². The summed E-state index contributed by atoms with van der Waals surface area (Å²) >= 11 is 0. The van der Waals surface area contributed by atoms with Gasteiger partial charge in [-0.05, 0) is 26.7 Å². The smallest absolute Gasteiger partial charge is 0.0464 e. The third-order valence-corrected chi connectivity index (χ3v) is 0.773. The van der Waals surface area contributed by atoms with Gasteiger partial charge in [0.05, 0.1) is 0 Å². The van der Waals surface area contributed by atoms with Crippen molar-refractivity contribution in [1.29, 1.82) is 0 Å². The van der Waals surface area contributed by atoms with Crippen molar-refractivity contribution in [2.24, 2.45) is 11.0 Å². The zero-order valence-electron chi connectivity index (χ0n) is 7.60. The van der Waals surface area contributed by atoms with Crippen LogP contribution in [0.25, 0.3) is 0 Å². The second-order valence-corrected chi connectivity index (χ2v) is 3.88. The van der Waals surface area contributed by atoms with Crippen LogP contribution in [0.15, 0.2) is 5.10 Å². The van der Waals surface area contributed by atoms with Crippen molar-refractivity contribution in [2.45, 2.75) is 40.2 Å². The summed E-state index contributed by atoms with van der Waals surface area (Å²) in [5.41, 5.74) is 3.11. The number of hydrazone groups is 1. The maximum absolute atomic E-state index is 4.07. The van der Waals surface area contributed by atoms with Crippen LogP contribution in [0.1, 0.15) is 34.6 Å². The van der Waals surface area contributed by atoms with Gasteiger partial charge in [0.25, 0.3) is 0 Å². The molecule has 0 heterocycles. The van der Waals surface area contributed by atoms with Crippen molar-refractivity contribution < 1.29 is 0 Å². The summed E-state index contributed by atoms with van der Waals surface area (Å²) in [6, 6.07) is 0. The average molecular weight is 142 g/mol. The van der Waals surface area contributed by atoms with Gasteiger partial charge in [0, 0.05) is 11.8 Å². The second kappa shape index (κ2) is 3.59. The third kappa shape index (κ3) is 7.47. The SMILES string of the molecule is CC(C)/C=N\NC(C)(C)C. The van der Waals surface area contributed by atoms with E-state index in [2.05, 4.69) is 45.1 Å². The molecule has 0 aliphatic carbocycles. The molecule has 0 unspecified atom stereocenters. The number of hydrogen-bond donors (Lipinski definition) is 1. The minimum absolute atomic E-state index is 0.0887. The lowest BCUT2D eigenvalue weighted by atomic mass is 10.1. The second-order valence-electron chi connectivity index (χ2n) is 3.88. The number of nitrogens with zero attached hydrogens (tertiary/aromatic N) is 1. The molecule has 0 amide bonds. The highest BCUT2D eigenvalue weighted by Crippen LogP contribution is 1.97. The van der Waals surface area contributed by atoms with Gasteiger partial charge in [0.1, 0.15) is 0 Å². The van der Waals surface area contributed by atoms with Gasteiger partial charge in [-0.15, -0.1) is 0 Å². The van der Waals surface area contributed by atoms with Gasteiger partial charge in [-0.3, -0.25) is 0 Å². The van der Waals surface area contributed by atoms with E-state index in [0.717, 1.165) is 0 Å². The number of nitrogens with one attached hydrogen (secondary N) is 1. The van der Waals surface area contributed by atoms with Crippen molar-refractivity contribution in [1.82, 2.24) is 5.43 Å². The first-order valence-electron chi connectivity index (χ1n) is 3.72. The molecule has 0 aromatic rings. The van der Waals surface area contributed by atoms with Crippen molar-refractivity contribution in [2.75, 3.05) is 0 Å². The molecule has 0 aliphatic rings. The monoisotopic (exact) mass is 142 g/mol. The van der Waals surface area contributed by atoms with Gasteiger partial charge in [-0.25, -0.2) is 0 Å². The summed E-state index contributed by atoms with van der Waals surface area (Å²) in [5.74, 6) is 0.523. The van der Waals surface area contributed by atoms with E-state index in [1.807, 2.05) is 6.21 Å². The highest BCUT2D eigenvalue weighted by atomic mass is 15.3. The van der Waals surface area contributed by atoms with E-state index in [1.165, 1.54) is 0 Å². The topological polar surface area (TPSA) is 24.4 Å². The summed E-state index contributed by atoms with van der Waals surface area (Å²) in [7, 11) is 0. The predicted molar refractivity (Wildman–Crippen MR) is 46.2 cm³/mol. The minimum atomic E-state index is 0.0887. The molecule has 0 radical (unpaired) electrons. The highest BCUT2D eigenvalue weighted by Gasteiger charge is 2.05. The van der Waals surface area contributed by atoms with Crippen LogP contribution in [0.4, 0.5) is 0 Å². The Hall–Kier alpha value is -0.530. The minimum Gasteiger partial charge on any atom is -0.305 e. The third-order valence-electron chi connectivity index (χ3n) is 0.773. The first kappa shape index (κ1) is 9.47. The molecule has 0 saturated carbocycles. The molecular formula is C8H18N2. The van der Waals surface area contributed by atoms with Crippen LogP contribution < -0.4 is 5.43 Å². The van der Waals surface area contributed by atoms with E-state index in [9.17, 15) is 0 Å². The van der Waals surface area contributed by atoms with Crippen molar-refractivity contribution in [3.8, 4) is 0 Å². The summed E-state index contributed by atoms with van der Waals surface area (Å²) in [5, 5.41) is 4.07. The lowest BCUT2D eigenvalue weighted by Crippen LogP contribution is -2.31. The molecule has 0 aliphatic heterocycles. The fraction of sp³-hybridized carbons (Fsp3) is 0.875. The summed E-state index contributed by atoms with van der Waals surface area (Å²) in [6.07, 6.45) is 1.91. The zero-order valence-corrected chi connectivity index (χ0v) is 7.60. The molecule has 0 bridgehead atoms. The molecule has 10 heavy (non-hydrogen) atoms. The summed E-state index contributed by atoms with van der Waals surface area (Å²) in [6.45, 7) is 10.5. The molecule has 2 nitrogen and oxygen atoms in total. The molecule has 0 fully saturated rings. The fourth-order valence-electron chi connectivity index (χ4n) is 0.380. The van der Waals surface area contributed by atoms with Crippen LogP contribution in [0.3, 0.4) is 0 Å². The molecule has 60 valence electrons. The van der Waals surface area contributed by atoms with Crippen molar-refractivity contribution in [3.63, 3.8) is 0 Å². The largest absolute Gasteiger partial charge is 0.305 e. The Kier molecular flexibility index (Phi) is 3.40. The van der Waals surface area contributed by atoms with E-state index in [4.69, 9.17) is 0 Å². The Morgan fingerprint density at radius 3 is 2.10 bits per heavy atom. The molecule has 0 spiro atoms. The van der Waals surface area contributed by atoms with Crippen LogP contribution in [0.5, 0.6) is 0 Å². The molecule has 0 aromatic heterocycles. The normalized spacial score (nSPS) is 13.0. The van der Waals surface area contributed by atoms with Gasteiger partial charge in [-0.1, -0.05) is 13.8 Å². The van der Waals surface area contributed by atoms with Gasteiger partial charge in [-0.2, -0.15) is 5.10 Å². The van der Waals surface area contributed by atoms with E-state index in [-0.39, 0.29) is 5.54 Å². The Bertz CT molecular complexity index is 109. The van der Waals surface area contributed by atoms with Crippen LogP contribution in [-0.4, -0.2) is 11.8 Å². The number of hydrogen-bond acceptors (Lipinski definition) is 2. The Morgan fingerprint density at radius 1 is 1.30 bits per heavy atom. The van der Waals surface area contributed by atoms with E-state index < -0.39 is 0 Å². The Labute approximate surface area is 63.7 Å². The van der Waals surface area contributed by atoms with Crippen LogP contribution in [0, 0.1) is 5.92 Å². The molecule has 2 heteroatoms. The standard InChI is InChI=1S/C8H18N2/c1-7(2)6-9-10-8(3,4)5/h6-7,10H,1-5H3/b9-6-. The maximum Gasteiger partial charge on any atom is 0.0464 e. The highest BCUT2D eigenvalue weighted by molar-refractivity contribution is 5.59. The molecular weight excluding hydrogens is 124 g/mol. The van der Waals surface area contributed by atoms with Crippen LogP contribution >= 0.6 is 0 Å². The van der Waals surface area contributed by atoms with Crippen LogP contribution in [0.2, 0.25) is 0 Å².